The fraction of sp³-hybridized carbons (Fsp3) is 0.111. The standard InChI is InChI=1S/C18H14N2O6/c1-9(20-16(23)11-4-2-3-5-12(11)17(20)24)15(22)19-13-7-6-10(18(25)26)8-14(13)21/h2-9,21H,1H3,(H,19,22)(H,25,26). The van der Waals surface area contributed by atoms with E-state index in [4.69, 9.17) is 5.11 Å². The third-order valence-corrected chi connectivity index (χ3v) is 4.09. The largest absolute Gasteiger partial charge is 0.506 e. The summed E-state index contributed by atoms with van der Waals surface area (Å²) >= 11 is 0. The number of carboxylic acid groups (broad SMARTS) is 1. The molecule has 1 aliphatic rings. The van der Waals surface area contributed by atoms with Crippen molar-refractivity contribution in [1.82, 2.24) is 4.90 Å². The molecule has 1 unspecified atom stereocenters. The molecule has 0 aliphatic carbocycles. The number of rotatable bonds is 4. The summed E-state index contributed by atoms with van der Waals surface area (Å²) in [6.07, 6.45) is 0. The first-order chi connectivity index (χ1) is 12.3. The zero-order valence-corrected chi connectivity index (χ0v) is 13.6. The maximum atomic E-state index is 12.4. The number of phenols is 1. The minimum Gasteiger partial charge on any atom is -0.506 e. The van der Waals surface area contributed by atoms with Crippen LogP contribution in [0.1, 0.15) is 38.0 Å². The van der Waals surface area contributed by atoms with Gasteiger partial charge in [-0.25, -0.2) is 4.79 Å². The first kappa shape index (κ1) is 17.2. The topological polar surface area (TPSA) is 124 Å². The Hall–Kier alpha value is -3.68. The first-order valence-corrected chi connectivity index (χ1v) is 7.65. The normalized spacial score (nSPS) is 14.1. The van der Waals surface area contributed by atoms with Crippen molar-refractivity contribution >= 4 is 29.4 Å². The number of amides is 3. The number of nitrogens with zero attached hydrogens (tertiary/aromatic N) is 1. The van der Waals surface area contributed by atoms with E-state index in [1.807, 2.05) is 0 Å². The van der Waals surface area contributed by atoms with Crippen LogP contribution in [0.15, 0.2) is 42.5 Å². The lowest BCUT2D eigenvalue weighted by molar-refractivity contribution is -0.119. The molecule has 0 aromatic heterocycles. The van der Waals surface area contributed by atoms with Crippen LogP contribution in [-0.2, 0) is 4.79 Å². The van der Waals surface area contributed by atoms with Gasteiger partial charge in [-0.1, -0.05) is 12.1 Å². The Balaban J connectivity index is 1.80. The van der Waals surface area contributed by atoms with E-state index in [1.165, 1.54) is 31.2 Å². The van der Waals surface area contributed by atoms with Crippen LogP contribution in [0.5, 0.6) is 5.75 Å². The fourth-order valence-electron chi connectivity index (χ4n) is 2.68. The summed E-state index contributed by atoms with van der Waals surface area (Å²) in [5, 5.41) is 21.1. The summed E-state index contributed by atoms with van der Waals surface area (Å²) in [5.74, 6) is -3.50. The highest BCUT2D eigenvalue weighted by atomic mass is 16.4. The van der Waals surface area contributed by atoms with Crippen LogP contribution in [0.4, 0.5) is 5.69 Å². The number of aromatic carboxylic acids is 1. The van der Waals surface area contributed by atoms with Crippen LogP contribution in [-0.4, -0.2) is 44.8 Å². The minimum absolute atomic E-state index is 0.0246. The number of hydrogen-bond acceptors (Lipinski definition) is 5. The number of imide groups is 1. The van der Waals surface area contributed by atoms with Crippen molar-refractivity contribution in [2.45, 2.75) is 13.0 Å². The van der Waals surface area contributed by atoms with Gasteiger partial charge in [0.15, 0.2) is 0 Å². The minimum atomic E-state index is -1.22. The third kappa shape index (κ3) is 2.77. The van der Waals surface area contributed by atoms with E-state index in [9.17, 15) is 24.3 Å². The molecule has 8 nitrogen and oxygen atoms in total. The Morgan fingerprint density at radius 1 is 1.04 bits per heavy atom. The molecule has 3 rings (SSSR count). The van der Waals surface area contributed by atoms with Gasteiger partial charge in [-0.2, -0.15) is 0 Å². The van der Waals surface area contributed by atoms with E-state index in [-0.39, 0.29) is 22.4 Å². The van der Waals surface area contributed by atoms with Crippen molar-refractivity contribution in [1.29, 1.82) is 0 Å². The molecule has 0 radical (unpaired) electrons. The van der Waals surface area contributed by atoms with Crippen molar-refractivity contribution in [3.05, 3.63) is 59.2 Å². The summed E-state index contributed by atoms with van der Waals surface area (Å²) in [6, 6.07) is 8.58. The highest BCUT2D eigenvalue weighted by Crippen LogP contribution is 2.27. The molecule has 26 heavy (non-hydrogen) atoms. The van der Waals surface area contributed by atoms with E-state index >= 15 is 0 Å². The van der Waals surface area contributed by atoms with Crippen molar-refractivity contribution < 1.29 is 29.4 Å². The summed E-state index contributed by atoms with van der Waals surface area (Å²) in [5.41, 5.74) is 0.286. The van der Waals surface area contributed by atoms with E-state index in [0.717, 1.165) is 11.0 Å². The van der Waals surface area contributed by atoms with E-state index < -0.39 is 35.5 Å². The van der Waals surface area contributed by atoms with Gasteiger partial charge in [0.1, 0.15) is 11.8 Å². The summed E-state index contributed by atoms with van der Waals surface area (Å²) in [4.78, 5) is 49.0. The maximum absolute atomic E-state index is 12.4. The Labute approximate surface area is 147 Å². The molecule has 1 heterocycles. The van der Waals surface area contributed by atoms with Gasteiger partial charge in [-0.15, -0.1) is 0 Å². The molecule has 8 heteroatoms. The molecule has 0 spiro atoms. The molecule has 3 amide bonds. The number of carboxylic acids is 1. The predicted octanol–water partition coefficient (Wildman–Crippen LogP) is 1.71. The highest BCUT2D eigenvalue weighted by Gasteiger charge is 2.40. The number of nitrogens with one attached hydrogen (secondary N) is 1. The number of carbonyl (C=O) groups excluding carboxylic acids is 3. The molecule has 1 aliphatic heterocycles. The van der Waals surface area contributed by atoms with Crippen molar-refractivity contribution in [3.63, 3.8) is 0 Å². The summed E-state index contributed by atoms with van der Waals surface area (Å²) in [7, 11) is 0. The quantitative estimate of drug-likeness (QED) is 0.567. The van der Waals surface area contributed by atoms with E-state index in [2.05, 4.69) is 5.32 Å². The van der Waals surface area contributed by atoms with Gasteiger partial charge < -0.3 is 15.5 Å². The lowest BCUT2D eigenvalue weighted by atomic mass is 10.1. The van der Waals surface area contributed by atoms with Crippen LogP contribution in [0.25, 0.3) is 0 Å². The van der Waals surface area contributed by atoms with Gasteiger partial charge in [-0.05, 0) is 37.3 Å². The summed E-state index contributed by atoms with van der Waals surface area (Å²) in [6.45, 7) is 1.39. The average molecular weight is 354 g/mol. The number of carbonyl (C=O) groups is 4. The number of aromatic hydroxyl groups is 1. The molecule has 0 bridgehead atoms. The van der Waals surface area contributed by atoms with Crippen LogP contribution < -0.4 is 5.32 Å². The lowest BCUT2D eigenvalue weighted by Gasteiger charge is -2.22. The third-order valence-electron chi connectivity index (χ3n) is 4.09. The predicted molar refractivity (Wildman–Crippen MR) is 90.1 cm³/mol. The molecule has 1 atom stereocenters. The van der Waals surface area contributed by atoms with Crippen molar-refractivity contribution in [2.75, 3.05) is 5.32 Å². The fourth-order valence-corrected chi connectivity index (χ4v) is 2.68. The Morgan fingerprint density at radius 2 is 1.62 bits per heavy atom. The van der Waals surface area contributed by atoms with E-state index in [1.54, 1.807) is 12.1 Å². The number of fused-ring (bicyclic) bond motifs is 1. The molecule has 2 aromatic carbocycles. The molecule has 0 saturated heterocycles. The van der Waals surface area contributed by atoms with Gasteiger partial charge in [0, 0.05) is 0 Å². The molecule has 132 valence electrons. The number of anilines is 1. The molecule has 3 N–H and O–H groups in total. The van der Waals surface area contributed by atoms with Crippen LogP contribution in [0.2, 0.25) is 0 Å². The number of hydrogen-bond donors (Lipinski definition) is 3. The second-order valence-corrected chi connectivity index (χ2v) is 5.73. The Morgan fingerprint density at radius 3 is 2.12 bits per heavy atom. The summed E-state index contributed by atoms with van der Waals surface area (Å²) < 4.78 is 0. The maximum Gasteiger partial charge on any atom is 0.335 e. The van der Waals surface area contributed by atoms with Crippen molar-refractivity contribution in [3.8, 4) is 5.75 Å². The second kappa shape index (κ2) is 6.32. The van der Waals surface area contributed by atoms with Gasteiger partial charge >= 0.3 is 5.97 Å². The zero-order valence-electron chi connectivity index (χ0n) is 13.6. The zero-order chi connectivity index (χ0) is 19.0. The molecule has 0 fully saturated rings. The Bertz CT molecular complexity index is 917. The molecular formula is C18H14N2O6. The highest BCUT2D eigenvalue weighted by molar-refractivity contribution is 6.23. The van der Waals surface area contributed by atoms with Gasteiger partial charge in [0.25, 0.3) is 11.8 Å². The van der Waals surface area contributed by atoms with Gasteiger partial charge in [0.05, 0.1) is 22.4 Å². The first-order valence-electron chi connectivity index (χ1n) is 7.65. The Kier molecular flexibility index (Phi) is 4.17. The van der Waals surface area contributed by atoms with Crippen LogP contribution >= 0.6 is 0 Å². The van der Waals surface area contributed by atoms with Gasteiger partial charge in [-0.3, -0.25) is 19.3 Å². The lowest BCUT2D eigenvalue weighted by Crippen LogP contribution is -2.45. The SMILES string of the molecule is CC(C(=O)Nc1ccc(C(=O)O)cc1O)N1C(=O)c2ccccc2C1=O. The molecule has 0 saturated carbocycles. The average Bonchev–Trinajstić information content (AvgIpc) is 2.87. The van der Waals surface area contributed by atoms with Crippen molar-refractivity contribution in [2.24, 2.45) is 0 Å². The molecule has 2 aromatic rings. The monoisotopic (exact) mass is 354 g/mol. The second-order valence-electron chi connectivity index (χ2n) is 5.73. The molecular weight excluding hydrogens is 340 g/mol. The van der Waals surface area contributed by atoms with Crippen LogP contribution in [0.3, 0.4) is 0 Å². The smallest absolute Gasteiger partial charge is 0.335 e. The van der Waals surface area contributed by atoms with Gasteiger partial charge in [0.2, 0.25) is 5.91 Å². The number of phenolic OH excluding ortho intramolecular Hbond substituents is 1. The van der Waals surface area contributed by atoms with E-state index in [0.29, 0.717) is 0 Å². The van der Waals surface area contributed by atoms with Crippen LogP contribution in [0, 0.1) is 0 Å². The number of benzene rings is 2.